The largest absolute Gasteiger partial charge is 0.503 e. The highest BCUT2D eigenvalue weighted by Crippen LogP contribution is 2.15. The third-order valence-corrected chi connectivity index (χ3v) is 5.56. The van der Waals surface area contributed by atoms with Crippen LogP contribution in [0.5, 0.6) is 5.75 Å². The summed E-state index contributed by atoms with van der Waals surface area (Å²) in [5.41, 5.74) is 0.339. The van der Waals surface area contributed by atoms with Gasteiger partial charge in [0.05, 0.1) is 6.54 Å². The molecule has 1 aromatic rings. The molecule has 3 rings (SSSR count). The number of urea groups is 2. The highest BCUT2D eigenvalue weighted by molar-refractivity contribution is 7.88. The number of nitrogens with zero attached hydrogens (tertiary/aromatic N) is 3. The lowest BCUT2D eigenvalue weighted by Crippen LogP contribution is -2.67. The predicted octanol–water partition coefficient (Wildman–Crippen LogP) is -3.58. The van der Waals surface area contributed by atoms with Crippen LogP contribution in [0, 0.1) is 0 Å². The summed E-state index contributed by atoms with van der Waals surface area (Å²) in [5.74, 6) is -4.19. The Balaban J connectivity index is 1.66. The number of imide groups is 2. The van der Waals surface area contributed by atoms with Crippen LogP contribution >= 0.6 is 0 Å². The number of likely N-dealkylation sites (tertiary alicyclic amines) is 1. The molecule has 2 saturated heterocycles. The molecule has 8 amide bonds. The van der Waals surface area contributed by atoms with Gasteiger partial charge in [-0.15, -0.1) is 0 Å². The fourth-order valence-corrected chi connectivity index (χ4v) is 3.63. The lowest BCUT2D eigenvalue weighted by molar-refractivity contribution is -0.139. The molecule has 1 unspecified atom stereocenters. The average molecular weight is 487 g/mol. The number of aromatic hydroxyl groups is 1. The number of β-lactam (4-membered cyclic amide) rings is 1. The number of hydrazine groups is 1. The first-order chi connectivity index (χ1) is 15.3. The van der Waals surface area contributed by atoms with Crippen molar-refractivity contribution in [2.45, 2.75) is 6.04 Å². The number of nitrogens with one attached hydrogen (secondary N) is 4. The molecule has 0 bridgehead atoms. The van der Waals surface area contributed by atoms with Gasteiger partial charge in [0, 0.05) is 12.3 Å². The first-order valence-corrected chi connectivity index (χ1v) is 10.0. The van der Waals surface area contributed by atoms with E-state index in [9.17, 15) is 42.0 Å². The summed E-state index contributed by atoms with van der Waals surface area (Å²) in [4.78, 5) is 84.7. The van der Waals surface area contributed by atoms with Crippen molar-refractivity contribution in [3.8, 4) is 5.75 Å². The summed E-state index contributed by atoms with van der Waals surface area (Å²) in [6.07, 6.45) is -0.772. The van der Waals surface area contributed by atoms with E-state index >= 15 is 0 Å². The first kappa shape index (κ1) is 23.0. The summed E-state index contributed by atoms with van der Waals surface area (Å²) in [6.45, 7) is -1.60. The molecule has 1 atom stereocenters. The normalized spacial score (nSPS) is 18.1. The molecule has 2 aliphatic rings. The van der Waals surface area contributed by atoms with Crippen molar-refractivity contribution in [2.24, 2.45) is 0 Å². The summed E-state index contributed by atoms with van der Waals surface area (Å²) in [5, 5.41) is 19.5. The molecule has 18 nitrogen and oxygen atoms in total. The van der Waals surface area contributed by atoms with Gasteiger partial charge in [-0.3, -0.25) is 29.5 Å². The van der Waals surface area contributed by atoms with Gasteiger partial charge in [-0.2, -0.15) is 17.7 Å². The molecule has 33 heavy (non-hydrogen) atoms. The highest BCUT2D eigenvalue weighted by atomic mass is 32.2. The molecular formula is C14H13N7O11S. The Labute approximate surface area is 181 Å². The molecule has 0 aliphatic carbocycles. The van der Waals surface area contributed by atoms with Crippen LogP contribution in [0.2, 0.25) is 0 Å². The molecular weight excluding hydrogens is 474 g/mol. The lowest BCUT2D eigenvalue weighted by atomic mass is 10.1. The number of pyridine rings is 1. The number of carbonyl (C=O) groups excluding carboxylic acids is 5. The van der Waals surface area contributed by atoms with Gasteiger partial charge in [-0.05, 0) is 0 Å². The predicted molar refractivity (Wildman–Crippen MR) is 99.3 cm³/mol. The van der Waals surface area contributed by atoms with Crippen molar-refractivity contribution in [1.29, 1.82) is 0 Å². The van der Waals surface area contributed by atoms with Crippen molar-refractivity contribution < 1.29 is 47.4 Å². The van der Waals surface area contributed by atoms with Crippen molar-refractivity contribution in [3.63, 3.8) is 0 Å². The van der Waals surface area contributed by atoms with Crippen LogP contribution in [-0.4, -0.2) is 92.8 Å². The first-order valence-electron chi connectivity index (χ1n) is 8.56. The zero-order valence-corrected chi connectivity index (χ0v) is 16.8. The van der Waals surface area contributed by atoms with Crippen LogP contribution in [0.15, 0.2) is 17.1 Å². The Kier molecular flexibility index (Phi) is 5.65. The van der Waals surface area contributed by atoms with E-state index in [0.29, 0.717) is 11.0 Å². The molecule has 176 valence electrons. The fourth-order valence-electron chi connectivity index (χ4n) is 2.62. The maximum absolute atomic E-state index is 12.4. The third-order valence-electron chi connectivity index (χ3n) is 4.26. The Morgan fingerprint density at radius 1 is 1.15 bits per heavy atom. The van der Waals surface area contributed by atoms with E-state index < -0.39 is 82.1 Å². The summed E-state index contributed by atoms with van der Waals surface area (Å²) in [7, 11) is -5.02. The minimum absolute atomic E-state index is 0.0127. The molecule has 0 radical (unpaired) electrons. The van der Waals surface area contributed by atoms with Gasteiger partial charge >= 0.3 is 28.4 Å². The minimum atomic E-state index is -5.02. The van der Waals surface area contributed by atoms with Gasteiger partial charge in [-0.1, -0.05) is 0 Å². The number of aromatic amines is 1. The maximum atomic E-state index is 12.4. The van der Waals surface area contributed by atoms with Crippen LogP contribution in [0.1, 0.15) is 10.5 Å². The van der Waals surface area contributed by atoms with Gasteiger partial charge in [0.1, 0.15) is 18.3 Å². The van der Waals surface area contributed by atoms with Crippen LogP contribution in [-0.2, 0) is 19.8 Å². The Bertz CT molecular complexity index is 1260. The lowest BCUT2D eigenvalue weighted by Gasteiger charge is -2.36. The van der Waals surface area contributed by atoms with E-state index in [0.717, 1.165) is 6.20 Å². The van der Waals surface area contributed by atoms with E-state index in [4.69, 9.17) is 10.2 Å². The topological polar surface area (TPSA) is 256 Å². The molecule has 19 heteroatoms. The zero-order chi connectivity index (χ0) is 24.7. The van der Waals surface area contributed by atoms with Crippen LogP contribution in [0.25, 0.3) is 0 Å². The minimum Gasteiger partial charge on any atom is -0.503 e. The highest BCUT2D eigenvalue weighted by Gasteiger charge is 2.47. The Morgan fingerprint density at radius 2 is 1.82 bits per heavy atom. The smallest absolute Gasteiger partial charge is 0.405 e. The van der Waals surface area contributed by atoms with Crippen LogP contribution in [0.4, 0.5) is 14.4 Å². The van der Waals surface area contributed by atoms with E-state index in [1.165, 1.54) is 4.72 Å². The second-order valence-corrected chi connectivity index (χ2v) is 8.01. The van der Waals surface area contributed by atoms with Crippen molar-refractivity contribution >= 4 is 46.1 Å². The van der Waals surface area contributed by atoms with E-state index in [-0.39, 0.29) is 9.31 Å². The van der Waals surface area contributed by atoms with Crippen molar-refractivity contribution in [3.05, 3.63) is 28.2 Å². The monoisotopic (exact) mass is 487 g/mol. The number of rotatable bonds is 5. The second-order valence-electron chi connectivity index (χ2n) is 6.42. The molecule has 2 fully saturated rings. The standard InChI is InChI=1S/C14H13N7O11S/c22-7-1-5(15-2-8(7)23)10(25)17-21-9(24)4-20(14(21)30)33(31,32)18-12(27)19-3-6(11(19)26)16-13(28)29/h1-2,6,16,23H,3-4H2,(H,15,22)(H,17,25)(H,18,27)(H,28,29). The summed E-state index contributed by atoms with van der Waals surface area (Å²) in [6, 6.07) is -3.70. The van der Waals surface area contributed by atoms with Crippen LogP contribution < -0.4 is 20.9 Å². The molecule has 0 spiro atoms. The number of carbonyl (C=O) groups is 6. The van der Waals surface area contributed by atoms with E-state index in [1.807, 2.05) is 0 Å². The fraction of sp³-hybridized carbons (Fsp3) is 0.214. The Hall–Kier alpha value is -4.68. The SMILES string of the molecule is O=C(O)NC1CN(C(=O)NS(=O)(=O)N2CC(=O)N(NC(=O)c3cc(=O)c(O)c[nH]3)C2=O)C1=O. The van der Waals surface area contributed by atoms with Crippen molar-refractivity contribution in [1.82, 2.24) is 34.7 Å². The maximum Gasteiger partial charge on any atom is 0.405 e. The third kappa shape index (κ3) is 4.37. The van der Waals surface area contributed by atoms with E-state index in [1.54, 1.807) is 10.7 Å². The molecule has 3 heterocycles. The van der Waals surface area contributed by atoms with Gasteiger partial charge in [-0.25, -0.2) is 19.1 Å². The molecule has 1 aromatic heterocycles. The second kappa shape index (κ2) is 8.11. The average Bonchev–Trinajstić information content (AvgIpc) is 3.00. The number of H-pyrrole nitrogens is 1. The number of carboxylic acid groups (broad SMARTS) is 1. The molecule has 6 N–H and O–H groups in total. The quantitative estimate of drug-likeness (QED) is 0.175. The van der Waals surface area contributed by atoms with Gasteiger partial charge in [0.2, 0.25) is 5.43 Å². The van der Waals surface area contributed by atoms with Crippen LogP contribution in [0.3, 0.4) is 0 Å². The zero-order valence-electron chi connectivity index (χ0n) is 16.0. The summed E-state index contributed by atoms with van der Waals surface area (Å²) < 4.78 is 26.0. The number of hydrogen-bond donors (Lipinski definition) is 6. The van der Waals surface area contributed by atoms with Crippen molar-refractivity contribution in [2.75, 3.05) is 13.1 Å². The van der Waals surface area contributed by atoms with Gasteiger partial charge in [0.15, 0.2) is 5.75 Å². The molecule has 2 aliphatic heterocycles. The Morgan fingerprint density at radius 3 is 2.39 bits per heavy atom. The van der Waals surface area contributed by atoms with E-state index in [2.05, 4.69) is 4.98 Å². The number of aromatic nitrogens is 1. The molecule has 0 saturated carbocycles. The van der Waals surface area contributed by atoms with Gasteiger partial charge in [0.25, 0.3) is 17.7 Å². The van der Waals surface area contributed by atoms with Gasteiger partial charge < -0.3 is 20.5 Å². The number of amides is 8. The summed E-state index contributed by atoms with van der Waals surface area (Å²) >= 11 is 0. The molecule has 0 aromatic carbocycles. The number of hydrogen-bond acceptors (Lipinski definition) is 10.